The molecule has 0 aromatic carbocycles. The maximum absolute atomic E-state index is 11.8. The normalized spacial score (nSPS) is 24.3. The molecule has 0 amide bonds. The van der Waals surface area contributed by atoms with Crippen LogP contribution in [0.5, 0.6) is 0 Å². The largest absolute Gasteiger partial charge is 0.284 e. The average molecular weight is 350 g/mol. The van der Waals surface area contributed by atoms with Crippen LogP contribution < -0.4 is 0 Å². The minimum atomic E-state index is -2.91. The highest BCUT2D eigenvalue weighted by Gasteiger charge is 2.33. The third-order valence-electron chi connectivity index (χ3n) is 5.32. The lowest BCUT2D eigenvalue weighted by atomic mass is 9.85. The first kappa shape index (κ1) is 17.5. The van der Waals surface area contributed by atoms with Gasteiger partial charge in [0.2, 0.25) is 0 Å². The Balaban J connectivity index is 1.78. The van der Waals surface area contributed by atoms with Crippen LogP contribution >= 0.6 is 0 Å². The molecule has 2 aliphatic rings. The second-order valence-electron chi connectivity index (χ2n) is 7.21. The van der Waals surface area contributed by atoms with Crippen molar-refractivity contribution in [3.8, 4) is 12.3 Å². The third-order valence-corrected chi connectivity index (χ3v) is 7.07. The second kappa shape index (κ2) is 7.28. The molecule has 1 saturated carbocycles. The summed E-state index contributed by atoms with van der Waals surface area (Å²) < 4.78 is 25.5. The lowest BCUT2D eigenvalue weighted by molar-refractivity contribution is 0.229. The van der Waals surface area contributed by atoms with Crippen LogP contribution in [0.25, 0.3) is 0 Å². The van der Waals surface area contributed by atoms with Crippen LogP contribution in [0.4, 0.5) is 0 Å². The highest BCUT2D eigenvalue weighted by atomic mass is 32.2. The van der Waals surface area contributed by atoms with E-state index in [1.807, 2.05) is 11.7 Å². The van der Waals surface area contributed by atoms with E-state index in [0.717, 1.165) is 0 Å². The fourth-order valence-corrected chi connectivity index (χ4v) is 5.87. The molecule has 0 bridgehead atoms. The maximum atomic E-state index is 11.8. The lowest BCUT2D eigenvalue weighted by Gasteiger charge is -2.27. The smallest absolute Gasteiger partial charge is 0.151 e. The van der Waals surface area contributed by atoms with Gasteiger partial charge in [0.1, 0.15) is 0 Å². The summed E-state index contributed by atoms with van der Waals surface area (Å²) in [7, 11) is -0.948. The van der Waals surface area contributed by atoms with Gasteiger partial charge in [0.25, 0.3) is 0 Å². The van der Waals surface area contributed by atoms with Crippen LogP contribution in [0.2, 0.25) is 0 Å². The van der Waals surface area contributed by atoms with E-state index in [0.29, 0.717) is 25.4 Å². The second-order valence-corrected chi connectivity index (χ2v) is 9.44. The Bertz CT molecular complexity index is 711. The SMILES string of the molecule is C#CCN(Cc1cn(C)nc1C1CCCCC1)[C@H]1CCS(=O)(=O)C1. The van der Waals surface area contributed by atoms with Crippen molar-refractivity contribution in [1.82, 2.24) is 14.7 Å². The van der Waals surface area contributed by atoms with Gasteiger partial charge in [-0.3, -0.25) is 9.58 Å². The Kier molecular flexibility index (Phi) is 5.31. The monoisotopic (exact) mass is 349 g/mol. The van der Waals surface area contributed by atoms with Gasteiger partial charge in [-0.2, -0.15) is 5.10 Å². The summed E-state index contributed by atoms with van der Waals surface area (Å²) in [6, 6.07) is 0.0328. The van der Waals surface area contributed by atoms with Gasteiger partial charge in [0.15, 0.2) is 9.84 Å². The molecule has 2 fully saturated rings. The van der Waals surface area contributed by atoms with Crippen molar-refractivity contribution in [3.63, 3.8) is 0 Å². The van der Waals surface area contributed by atoms with Crippen molar-refractivity contribution < 1.29 is 8.42 Å². The van der Waals surface area contributed by atoms with Crippen molar-refractivity contribution >= 4 is 9.84 Å². The van der Waals surface area contributed by atoms with Gasteiger partial charge in [-0.1, -0.05) is 25.2 Å². The van der Waals surface area contributed by atoms with Gasteiger partial charge in [-0.15, -0.1) is 6.42 Å². The molecule has 2 heterocycles. The zero-order chi connectivity index (χ0) is 17.2. The standard InChI is InChI=1S/C18H27N3O2S/c1-3-10-21(17-9-11-24(22,23)14-17)13-16-12-20(2)19-18(16)15-7-5-4-6-8-15/h1,12,15,17H,4-11,13-14H2,2H3/t17-/m0/s1. The molecule has 1 aliphatic heterocycles. The number of sulfone groups is 1. The van der Waals surface area contributed by atoms with Crippen LogP contribution in [-0.2, 0) is 23.4 Å². The molecular formula is C18H27N3O2S. The molecule has 132 valence electrons. The zero-order valence-electron chi connectivity index (χ0n) is 14.4. The van der Waals surface area contributed by atoms with Crippen molar-refractivity contribution in [1.29, 1.82) is 0 Å². The maximum Gasteiger partial charge on any atom is 0.151 e. The Morgan fingerprint density at radius 2 is 2.08 bits per heavy atom. The minimum absolute atomic E-state index is 0.0328. The highest BCUT2D eigenvalue weighted by Crippen LogP contribution is 2.34. The van der Waals surface area contributed by atoms with E-state index >= 15 is 0 Å². The predicted octanol–water partition coefficient (Wildman–Crippen LogP) is 2.09. The summed E-state index contributed by atoms with van der Waals surface area (Å²) in [5, 5.41) is 4.72. The zero-order valence-corrected chi connectivity index (χ0v) is 15.3. The number of aromatic nitrogens is 2. The molecule has 0 unspecified atom stereocenters. The van der Waals surface area contributed by atoms with E-state index in [1.54, 1.807) is 0 Å². The minimum Gasteiger partial charge on any atom is -0.284 e. The Labute approximate surface area is 145 Å². The first-order valence-corrected chi connectivity index (χ1v) is 10.7. The number of rotatable bonds is 5. The van der Waals surface area contributed by atoms with E-state index in [2.05, 4.69) is 17.0 Å². The molecule has 1 atom stereocenters. The van der Waals surface area contributed by atoms with E-state index < -0.39 is 9.84 Å². The third kappa shape index (κ3) is 4.01. The van der Waals surface area contributed by atoms with E-state index in [-0.39, 0.29) is 17.5 Å². The summed E-state index contributed by atoms with van der Waals surface area (Å²) in [6.07, 6.45) is 14.6. The van der Waals surface area contributed by atoms with Crippen LogP contribution in [0, 0.1) is 12.3 Å². The number of nitrogens with zero attached hydrogens (tertiary/aromatic N) is 3. The Hall–Kier alpha value is -1.32. The van der Waals surface area contributed by atoms with Crippen molar-refractivity contribution in [2.75, 3.05) is 18.1 Å². The van der Waals surface area contributed by atoms with Crippen LogP contribution in [0.15, 0.2) is 6.20 Å². The molecule has 1 aliphatic carbocycles. The number of hydrogen-bond acceptors (Lipinski definition) is 4. The molecule has 1 aromatic heterocycles. The van der Waals surface area contributed by atoms with Crippen molar-refractivity contribution in [2.24, 2.45) is 7.05 Å². The Morgan fingerprint density at radius 3 is 2.71 bits per heavy atom. The van der Waals surface area contributed by atoms with E-state index in [9.17, 15) is 8.42 Å². The number of aryl methyl sites for hydroxylation is 1. The number of terminal acetylenes is 1. The fourth-order valence-electron chi connectivity index (χ4n) is 4.11. The van der Waals surface area contributed by atoms with Gasteiger partial charge in [0, 0.05) is 37.3 Å². The van der Waals surface area contributed by atoms with Gasteiger partial charge in [0.05, 0.1) is 23.7 Å². The van der Waals surface area contributed by atoms with Gasteiger partial charge < -0.3 is 0 Å². The topological polar surface area (TPSA) is 55.2 Å². The summed E-state index contributed by atoms with van der Waals surface area (Å²) in [5.41, 5.74) is 2.41. The molecule has 24 heavy (non-hydrogen) atoms. The van der Waals surface area contributed by atoms with Crippen LogP contribution in [0.3, 0.4) is 0 Å². The van der Waals surface area contributed by atoms with E-state index in [4.69, 9.17) is 11.5 Å². The summed E-state index contributed by atoms with van der Waals surface area (Å²) in [6.45, 7) is 1.18. The van der Waals surface area contributed by atoms with Gasteiger partial charge in [-0.25, -0.2) is 8.42 Å². The molecule has 1 saturated heterocycles. The Morgan fingerprint density at radius 1 is 1.33 bits per heavy atom. The first-order valence-electron chi connectivity index (χ1n) is 8.89. The first-order chi connectivity index (χ1) is 11.5. The highest BCUT2D eigenvalue weighted by molar-refractivity contribution is 7.91. The van der Waals surface area contributed by atoms with E-state index in [1.165, 1.54) is 43.4 Å². The fraction of sp³-hybridized carbons (Fsp3) is 0.722. The summed E-state index contributed by atoms with van der Waals surface area (Å²) in [5.74, 6) is 3.75. The summed E-state index contributed by atoms with van der Waals surface area (Å²) >= 11 is 0. The summed E-state index contributed by atoms with van der Waals surface area (Å²) in [4.78, 5) is 2.15. The van der Waals surface area contributed by atoms with Crippen molar-refractivity contribution in [3.05, 3.63) is 17.5 Å². The molecule has 6 heteroatoms. The van der Waals surface area contributed by atoms with Gasteiger partial charge >= 0.3 is 0 Å². The van der Waals surface area contributed by atoms with Crippen molar-refractivity contribution in [2.45, 2.75) is 57.0 Å². The van der Waals surface area contributed by atoms with Crippen LogP contribution in [0.1, 0.15) is 55.7 Å². The molecule has 5 nitrogen and oxygen atoms in total. The molecule has 0 radical (unpaired) electrons. The predicted molar refractivity (Wildman–Crippen MR) is 95.3 cm³/mol. The molecule has 1 aromatic rings. The average Bonchev–Trinajstić information content (AvgIpc) is 3.10. The molecule has 0 spiro atoms. The molecule has 3 rings (SSSR count). The molecule has 0 N–H and O–H groups in total. The number of hydrogen-bond donors (Lipinski definition) is 0. The van der Waals surface area contributed by atoms with Crippen LogP contribution in [-0.4, -0.2) is 47.2 Å². The van der Waals surface area contributed by atoms with Gasteiger partial charge in [-0.05, 0) is 19.3 Å². The lowest BCUT2D eigenvalue weighted by Crippen LogP contribution is -2.36. The molecular weight excluding hydrogens is 322 g/mol. The quantitative estimate of drug-likeness (QED) is 0.764.